The molecule has 0 aromatic rings. The average Bonchev–Trinajstić information content (AvgIpc) is 2.91. The Hall–Kier alpha value is 1.44. The van der Waals surface area contributed by atoms with E-state index in [9.17, 15) is 9.90 Å². The van der Waals surface area contributed by atoms with Crippen molar-refractivity contribution in [2.45, 2.75) is 85.0 Å². The van der Waals surface area contributed by atoms with Crippen LogP contribution in [0.1, 0.15) is 85.0 Å². The molecule has 4 saturated carbocycles. The van der Waals surface area contributed by atoms with Gasteiger partial charge in [-0.05, 0) is 74.0 Å². The molecule has 4 rings (SSSR count). The first kappa shape index (κ1) is 21.7. The largest absolute Gasteiger partial charge is 1.00 e. The second-order valence-electron chi connectivity index (χ2n) is 8.69. The molecular weight excluding hydrogens is 370 g/mol. The zero-order valence-corrected chi connectivity index (χ0v) is 21.3. The van der Waals surface area contributed by atoms with Gasteiger partial charge >= 0.3 is 58.2 Å². The molecule has 0 amide bonds. The van der Waals surface area contributed by atoms with Gasteiger partial charge in [0.05, 0.1) is 0 Å². The van der Waals surface area contributed by atoms with Crippen LogP contribution in [0, 0.1) is 34.5 Å². The molecule has 0 aliphatic heterocycles. The molecule has 4 fully saturated rings. The Morgan fingerprint density at radius 3 is 2.46 bits per heavy atom. The summed E-state index contributed by atoms with van der Waals surface area (Å²) in [5.41, 5.74) is 0.0703. The van der Waals surface area contributed by atoms with E-state index in [-0.39, 0.29) is 75.6 Å². The molecule has 0 spiro atoms. The molecule has 24 heavy (non-hydrogen) atoms. The van der Waals surface area contributed by atoms with Crippen LogP contribution in [0.2, 0.25) is 0 Å². The van der Waals surface area contributed by atoms with Crippen LogP contribution in [0.4, 0.5) is 0 Å². The maximum Gasteiger partial charge on any atom is 1.00 e. The van der Waals surface area contributed by atoms with Crippen LogP contribution in [0.5, 0.6) is 0 Å². The predicted octanol–water partition coefficient (Wildman–Crippen LogP) is 1.36. The first-order valence-electron chi connectivity index (χ1n) is 10.2. The zero-order valence-electron chi connectivity index (χ0n) is 16.4. The van der Waals surface area contributed by atoms with Gasteiger partial charge < -0.3 is 5.11 Å². The van der Waals surface area contributed by atoms with Gasteiger partial charge in [0.15, 0.2) is 0 Å². The van der Waals surface area contributed by atoms with Crippen molar-refractivity contribution in [2.75, 3.05) is 6.61 Å². The van der Waals surface area contributed by atoms with Gasteiger partial charge in [0.2, 0.25) is 0 Å². The zero-order chi connectivity index (χ0) is 16.7. The van der Waals surface area contributed by atoms with E-state index in [1.807, 2.05) is 13.8 Å². The van der Waals surface area contributed by atoms with Crippen molar-refractivity contribution in [3.63, 3.8) is 0 Å². The van der Waals surface area contributed by atoms with Crippen molar-refractivity contribution in [1.29, 1.82) is 0 Å². The molecular formula is C21H35O2Rb. The summed E-state index contributed by atoms with van der Waals surface area (Å²) in [6.07, 6.45) is 11.8. The van der Waals surface area contributed by atoms with Crippen LogP contribution in [0.25, 0.3) is 0 Å². The van der Waals surface area contributed by atoms with Crippen LogP contribution in [-0.2, 0) is 4.79 Å². The summed E-state index contributed by atoms with van der Waals surface area (Å²) in [6.45, 7) is 6.39. The molecule has 0 aromatic carbocycles. The summed E-state index contributed by atoms with van der Waals surface area (Å²) < 4.78 is 0. The van der Waals surface area contributed by atoms with Crippen molar-refractivity contribution in [3.05, 3.63) is 0 Å². The van der Waals surface area contributed by atoms with Crippen molar-refractivity contribution >= 4 is 5.78 Å². The molecule has 0 bridgehead atoms. The van der Waals surface area contributed by atoms with E-state index in [0.29, 0.717) is 29.5 Å². The summed E-state index contributed by atoms with van der Waals surface area (Å²) in [5.74, 6) is 3.13. The van der Waals surface area contributed by atoms with Gasteiger partial charge in [-0.1, -0.05) is 33.6 Å². The van der Waals surface area contributed by atoms with E-state index in [4.69, 9.17) is 0 Å². The third-order valence-corrected chi connectivity index (χ3v) is 8.26. The van der Waals surface area contributed by atoms with E-state index in [2.05, 4.69) is 6.92 Å². The number of carbonyl (C=O) groups excluding carboxylic acids is 1. The van der Waals surface area contributed by atoms with E-state index in [1.54, 1.807) is 0 Å². The summed E-state index contributed by atoms with van der Waals surface area (Å²) in [7, 11) is 0. The van der Waals surface area contributed by atoms with Crippen LogP contribution in [-0.4, -0.2) is 12.4 Å². The number of Topliss-reactive ketones (excluding diaryl/α,β-unsaturated/α-hetero) is 1. The van der Waals surface area contributed by atoms with Gasteiger partial charge in [0, 0.05) is 11.8 Å². The molecule has 4 unspecified atom stereocenters. The van der Waals surface area contributed by atoms with E-state index in [0.717, 1.165) is 25.7 Å². The molecule has 132 valence electrons. The Labute approximate surface area is 197 Å². The average molecular weight is 405 g/mol. The van der Waals surface area contributed by atoms with Gasteiger partial charge in [-0.25, -0.2) is 0 Å². The standard InChI is InChI=1S/C19H29O2.C2H6.Rb/c1-18-11-9-16-14(15(18)7-8-17(18)21)6-5-13-4-2-3-10-19(13,16)12-20;1-2;/h13-16H,2-12H2,1H3;1-2H3;/q-1;;+1/t13?,14?,15-,16-,18?,19?;;/m0../s1. The van der Waals surface area contributed by atoms with Crippen LogP contribution < -0.4 is 63.3 Å². The number of carbonyl (C=O) groups is 1. The van der Waals surface area contributed by atoms with Crippen molar-refractivity contribution in [2.24, 2.45) is 34.5 Å². The minimum absolute atomic E-state index is 0. The van der Waals surface area contributed by atoms with Crippen LogP contribution in [0.15, 0.2) is 0 Å². The number of rotatable bonds is 1. The molecule has 0 radical (unpaired) electrons. The van der Waals surface area contributed by atoms with Crippen molar-refractivity contribution < 1.29 is 68.1 Å². The van der Waals surface area contributed by atoms with Crippen molar-refractivity contribution in [3.8, 4) is 0 Å². The van der Waals surface area contributed by atoms with E-state index in [1.165, 1.54) is 38.5 Å². The monoisotopic (exact) mass is 404 g/mol. The molecule has 4 aliphatic carbocycles. The fourth-order valence-electron chi connectivity index (χ4n) is 7.12. The second-order valence-corrected chi connectivity index (χ2v) is 8.69. The molecule has 0 saturated heterocycles. The molecule has 4 aliphatic rings. The fraction of sp³-hybridized carbons (Fsp3) is 0.952. The van der Waals surface area contributed by atoms with Gasteiger partial charge in [-0.2, -0.15) is 0 Å². The number of hydrogen-bond donors (Lipinski definition) is 0. The first-order chi connectivity index (χ1) is 11.1. The smallest absolute Gasteiger partial charge is 0.854 e. The maximum atomic E-state index is 12.4. The van der Waals surface area contributed by atoms with Crippen molar-refractivity contribution in [1.82, 2.24) is 0 Å². The summed E-state index contributed by atoms with van der Waals surface area (Å²) in [6, 6.07) is 0. The minimum atomic E-state index is -0.0350. The Morgan fingerprint density at radius 2 is 1.75 bits per heavy atom. The quantitative estimate of drug-likeness (QED) is 0.662. The Morgan fingerprint density at radius 1 is 1.00 bits per heavy atom. The van der Waals surface area contributed by atoms with Gasteiger partial charge in [0.25, 0.3) is 0 Å². The van der Waals surface area contributed by atoms with Gasteiger partial charge in [-0.3, -0.25) is 4.79 Å². The molecule has 6 atom stereocenters. The summed E-state index contributed by atoms with van der Waals surface area (Å²) >= 11 is 0. The topological polar surface area (TPSA) is 40.1 Å². The van der Waals surface area contributed by atoms with Gasteiger partial charge in [0.1, 0.15) is 5.78 Å². The fourth-order valence-corrected chi connectivity index (χ4v) is 7.12. The minimum Gasteiger partial charge on any atom is -0.854 e. The molecule has 0 aromatic heterocycles. The third-order valence-electron chi connectivity index (χ3n) is 8.26. The second kappa shape index (κ2) is 8.63. The van der Waals surface area contributed by atoms with E-state index >= 15 is 0 Å². The normalized spacial score (nSPS) is 46.6. The Bertz CT molecular complexity index is 451. The Kier molecular flexibility index (Phi) is 7.81. The summed E-state index contributed by atoms with van der Waals surface area (Å²) in [4.78, 5) is 12.4. The number of hydrogen-bond acceptors (Lipinski definition) is 2. The summed E-state index contributed by atoms with van der Waals surface area (Å²) in [5, 5.41) is 12.3. The van der Waals surface area contributed by atoms with E-state index < -0.39 is 0 Å². The Balaban J connectivity index is 0.000000670. The van der Waals surface area contributed by atoms with Crippen LogP contribution in [0.3, 0.4) is 0 Å². The number of fused-ring (bicyclic) bond motifs is 5. The third kappa shape index (κ3) is 3.23. The van der Waals surface area contributed by atoms with Gasteiger partial charge in [-0.15, -0.1) is 6.61 Å². The SMILES string of the molecule is CC.CC12CC[C@H]3C(CCC4CCCCC43C[O-])[C@@H]1CCC2=O.[Rb+]. The molecule has 2 nitrogen and oxygen atoms in total. The van der Waals surface area contributed by atoms with Crippen LogP contribution >= 0.6 is 0 Å². The molecule has 0 N–H and O–H groups in total. The molecule has 0 heterocycles. The molecule has 3 heteroatoms. The number of ketones is 1. The predicted molar refractivity (Wildman–Crippen MR) is 91.9 cm³/mol. The first-order valence-corrected chi connectivity index (χ1v) is 10.2. The maximum absolute atomic E-state index is 12.4.